The number of amides is 1. The Hall–Kier alpha value is -1.07. The summed E-state index contributed by atoms with van der Waals surface area (Å²) in [7, 11) is 0. The van der Waals surface area contributed by atoms with Crippen LogP contribution in [-0.2, 0) is 4.79 Å². The van der Waals surface area contributed by atoms with Crippen LogP contribution in [0.1, 0.15) is 45.1 Å². The highest BCUT2D eigenvalue weighted by Crippen LogP contribution is 2.58. The third kappa shape index (κ3) is 2.76. The van der Waals surface area contributed by atoms with Gasteiger partial charge in [-0.25, -0.2) is 4.68 Å². The Kier molecular flexibility index (Phi) is 4.21. The van der Waals surface area contributed by atoms with Crippen LogP contribution in [0.5, 0.6) is 0 Å². The zero-order chi connectivity index (χ0) is 14.4. The van der Waals surface area contributed by atoms with Crippen LogP contribution in [0, 0.1) is 17.3 Å². The molecule has 2 N–H and O–H groups in total. The molecule has 4 rings (SSSR count). The topological polar surface area (TPSA) is 59.0 Å². The summed E-state index contributed by atoms with van der Waals surface area (Å²) >= 11 is 0. The first-order valence-corrected chi connectivity index (χ1v) is 8.25. The van der Waals surface area contributed by atoms with Crippen molar-refractivity contribution in [3.05, 3.63) is 12.3 Å². The third-order valence-electron chi connectivity index (χ3n) is 5.72. The van der Waals surface area contributed by atoms with Gasteiger partial charge in [0.1, 0.15) is 5.82 Å². The van der Waals surface area contributed by atoms with Gasteiger partial charge in [0.15, 0.2) is 0 Å². The van der Waals surface area contributed by atoms with Crippen molar-refractivity contribution in [3.63, 3.8) is 0 Å². The minimum absolute atomic E-state index is 0. The highest BCUT2D eigenvalue weighted by atomic mass is 35.5. The molecule has 1 aromatic rings. The van der Waals surface area contributed by atoms with Gasteiger partial charge in [0.25, 0.3) is 0 Å². The fourth-order valence-corrected chi connectivity index (χ4v) is 3.93. The van der Waals surface area contributed by atoms with E-state index >= 15 is 0 Å². The number of carbonyl (C=O) groups is 1. The lowest BCUT2D eigenvalue weighted by molar-refractivity contribution is -0.118. The molecule has 1 spiro atoms. The van der Waals surface area contributed by atoms with Crippen molar-refractivity contribution in [2.24, 2.45) is 17.3 Å². The Bertz CT molecular complexity index is 548. The summed E-state index contributed by atoms with van der Waals surface area (Å²) in [4.78, 5) is 12.5. The predicted octanol–water partition coefficient (Wildman–Crippen LogP) is 2.60. The third-order valence-corrected chi connectivity index (χ3v) is 5.72. The van der Waals surface area contributed by atoms with Gasteiger partial charge in [0.05, 0.1) is 12.2 Å². The number of rotatable bonds is 4. The fourth-order valence-electron chi connectivity index (χ4n) is 3.93. The molecule has 1 amide bonds. The van der Waals surface area contributed by atoms with E-state index in [2.05, 4.69) is 22.7 Å². The van der Waals surface area contributed by atoms with E-state index in [0.29, 0.717) is 11.5 Å². The second-order valence-electron chi connectivity index (χ2n) is 7.10. The zero-order valence-corrected chi connectivity index (χ0v) is 13.9. The molecule has 2 heterocycles. The number of hydrogen-bond acceptors (Lipinski definition) is 3. The Labute approximate surface area is 137 Å². The molecule has 2 unspecified atom stereocenters. The first-order chi connectivity index (χ1) is 10.2. The van der Waals surface area contributed by atoms with Gasteiger partial charge in [-0.15, -0.1) is 12.4 Å². The summed E-state index contributed by atoms with van der Waals surface area (Å²) in [6, 6.07) is 2.32. The van der Waals surface area contributed by atoms with Crippen LogP contribution in [-0.4, -0.2) is 28.8 Å². The van der Waals surface area contributed by atoms with E-state index in [1.807, 2.05) is 10.7 Å². The van der Waals surface area contributed by atoms with Crippen molar-refractivity contribution >= 4 is 24.1 Å². The van der Waals surface area contributed by atoms with E-state index < -0.39 is 0 Å². The molecule has 3 fully saturated rings. The number of nitrogens with zero attached hydrogens (tertiary/aromatic N) is 2. The second-order valence-corrected chi connectivity index (χ2v) is 7.10. The van der Waals surface area contributed by atoms with Crippen molar-refractivity contribution in [2.45, 2.75) is 45.1 Å². The van der Waals surface area contributed by atoms with Crippen molar-refractivity contribution in [1.29, 1.82) is 0 Å². The van der Waals surface area contributed by atoms with Crippen molar-refractivity contribution in [3.8, 4) is 0 Å². The van der Waals surface area contributed by atoms with Crippen LogP contribution in [0.25, 0.3) is 0 Å². The summed E-state index contributed by atoms with van der Waals surface area (Å²) in [6.45, 7) is 4.31. The summed E-state index contributed by atoms with van der Waals surface area (Å²) < 4.78 is 1.99. The summed E-state index contributed by atoms with van der Waals surface area (Å²) in [5.74, 6) is 2.01. The minimum atomic E-state index is 0. The molecule has 2 saturated carbocycles. The predicted molar refractivity (Wildman–Crippen MR) is 88.2 cm³/mol. The molecule has 1 aliphatic heterocycles. The van der Waals surface area contributed by atoms with E-state index in [1.54, 1.807) is 6.20 Å². The van der Waals surface area contributed by atoms with Gasteiger partial charge in [-0.05, 0) is 63.5 Å². The molecule has 1 aromatic heterocycles. The van der Waals surface area contributed by atoms with E-state index in [-0.39, 0.29) is 24.2 Å². The van der Waals surface area contributed by atoms with Crippen LogP contribution in [0.15, 0.2) is 12.3 Å². The average Bonchev–Trinajstić information content (AvgIpc) is 3.39. The lowest BCUT2D eigenvalue weighted by Gasteiger charge is -2.23. The average molecular weight is 325 g/mol. The van der Waals surface area contributed by atoms with Crippen LogP contribution >= 0.6 is 12.4 Å². The molecule has 1 saturated heterocycles. The maximum atomic E-state index is 12.5. The van der Waals surface area contributed by atoms with Crippen LogP contribution < -0.4 is 10.6 Å². The van der Waals surface area contributed by atoms with E-state index in [1.165, 1.54) is 12.8 Å². The molecule has 122 valence electrons. The van der Waals surface area contributed by atoms with E-state index in [0.717, 1.165) is 44.1 Å². The van der Waals surface area contributed by atoms with Gasteiger partial charge >= 0.3 is 0 Å². The standard InChI is InChI=1S/C16H24N4O.ClH/c1-11(12-2-3-12)20-14(4-7-18-20)19-15(21)13-10-16(13)5-8-17-9-6-16;/h4,7,11-13,17H,2-3,5-6,8-10H2,1H3,(H,19,21);1H. The van der Waals surface area contributed by atoms with Crippen LogP contribution in [0.2, 0.25) is 0 Å². The quantitative estimate of drug-likeness (QED) is 0.895. The molecular formula is C16H25ClN4O. The molecule has 5 nitrogen and oxygen atoms in total. The number of halogens is 1. The molecule has 2 atom stereocenters. The monoisotopic (exact) mass is 324 g/mol. The zero-order valence-electron chi connectivity index (χ0n) is 13.0. The Morgan fingerprint density at radius 2 is 2.18 bits per heavy atom. The SMILES string of the molecule is CC(C1CC1)n1nccc1NC(=O)C1CC12CCNCC2.Cl. The highest BCUT2D eigenvalue weighted by molar-refractivity contribution is 5.94. The lowest BCUT2D eigenvalue weighted by Crippen LogP contribution is -2.32. The molecule has 0 radical (unpaired) electrons. The van der Waals surface area contributed by atoms with Gasteiger partial charge in [0, 0.05) is 12.0 Å². The van der Waals surface area contributed by atoms with Crippen molar-refractivity contribution < 1.29 is 4.79 Å². The molecule has 3 aliphatic rings. The number of piperidine rings is 1. The molecule has 6 heteroatoms. The summed E-state index contributed by atoms with van der Waals surface area (Å²) in [5.41, 5.74) is 0.294. The lowest BCUT2D eigenvalue weighted by atomic mass is 9.92. The molecule has 2 aliphatic carbocycles. The maximum absolute atomic E-state index is 12.5. The summed E-state index contributed by atoms with van der Waals surface area (Å²) in [5, 5.41) is 10.9. The second kappa shape index (κ2) is 5.85. The number of anilines is 1. The normalized spacial score (nSPS) is 27.0. The maximum Gasteiger partial charge on any atom is 0.229 e. The largest absolute Gasteiger partial charge is 0.317 e. The fraction of sp³-hybridized carbons (Fsp3) is 0.750. The summed E-state index contributed by atoms with van der Waals surface area (Å²) in [6.07, 6.45) is 7.71. The van der Waals surface area contributed by atoms with Gasteiger partial charge in [-0.2, -0.15) is 5.10 Å². The first kappa shape index (κ1) is 15.8. The van der Waals surface area contributed by atoms with E-state index in [4.69, 9.17) is 0 Å². The smallest absolute Gasteiger partial charge is 0.229 e. The minimum Gasteiger partial charge on any atom is -0.317 e. The van der Waals surface area contributed by atoms with Gasteiger partial charge in [-0.1, -0.05) is 0 Å². The number of aromatic nitrogens is 2. The Balaban J connectivity index is 0.00000144. The molecule has 0 aromatic carbocycles. The van der Waals surface area contributed by atoms with Crippen LogP contribution in [0.4, 0.5) is 5.82 Å². The van der Waals surface area contributed by atoms with Crippen molar-refractivity contribution in [1.82, 2.24) is 15.1 Å². The Morgan fingerprint density at radius 1 is 1.45 bits per heavy atom. The highest BCUT2D eigenvalue weighted by Gasteiger charge is 2.57. The van der Waals surface area contributed by atoms with E-state index in [9.17, 15) is 4.79 Å². The molecular weight excluding hydrogens is 300 g/mol. The molecule has 0 bridgehead atoms. The number of nitrogens with one attached hydrogen (secondary N) is 2. The number of carbonyl (C=O) groups excluding carboxylic acids is 1. The van der Waals surface area contributed by atoms with Gasteiger partial charge in [0.2, 0.25) is 5.91 Å². The van der Waals surface area contributed by atoms with Crippen molar-refractivity contribution in [2.75, 3.05) is 18.4 Å². The Morgan fingerprint density at radius 3 is 2.86 bits per heavy atom. The molecule has 22 heavy (non-hydrogen) atoms. The van der Waals surface area contributed by atoms with Gasteiger partial charge < -0.3 is 10.6 Å². The van der Waals surface area contributed by atoms with Crippen LogP contribution in [0.3, 0.4) is 0 Å². The van der Waals surface area contributed by atoms with Gasteiger partial charge in [-0.3, -0.25) is 4.79 Å². The first-order valence-electron chi connectivity index (χ1n) is 8.25. The number of hydrogen-bond donors (Lipinski definition) is 2.